The molecule has 3 N–H and O–H groups in total. The van der Waals surface area contributed by atoms with Gasteiger partial charge in [0.1, 0.15) is 5.82 Å². The molecule has 0 bridgehead atoms. The number of esters is 1. The van der Waals surface area contributed by atoms with Gasteiger partial charge < -0.3 is 10.1 Å². The van der Waals surface area contributed by atoms with Crippen molar-refractivity contribution in [1.82, 2.24) is 0 Å². The molecule has 0 aliphatic carbocycles. The number of amides is 1. The van der Waals surface area contributed by atoms with E-state index in [-0.39, 0.29) is 16.1 Å². The van der Waals surface area contributed by atoms with Crippen molar-refractivity contribution in [3.05, 3.63) is 59.9 Å². The van der Waals surface area contributed by atoms with E-state index in [0.29, 0.717) is 0 Å². The van der Waals surface area contributed by atoms with Crippen LogP contribution in [0.3, 0.4) is 0 Å². The van der Waals surface area contributed by atoms with E-state index in [4.69, 9.17) is 9.88 Å². The zero-order valence-electron chi connectivity index (χ0n) is 12.2. The van der Waals surface area contributed by atoms with Gasteiger partial charge in [0.15, 0.2) is 6.61 Å². The van der Waals surface area contributed by atoms with Crippen LogP contribution in [-0.2, 0) is 19.6 Å². The molecule has 0 fully saturated rings. The van der Waals surface area contributed by atoms with E-state index in [1.807, 2.05) is 0 Å². The quantitative estimate of drug-likeness (QED) is 0.786. The van der Waals surface area contributed by atoms with Crippen LogP contribution in [0.25, 0.3) is 0 Å². The van der Waals surface area contributed by atoms with Crippen LogP contribution in [0.15, 0.2) is 53.4 Å². The number of rotatable bonds is 5. The maximum Gasteiger partial charge on any atom is 0.338 e. The lowest BCUT2D eigenvalue weighted by Crippen LogP contribution is -2.21. The molecule has 0 unspecified atom stereocenters. The third-order valence-electron chi connectivity index (χ3n) is 2.84. The van der Waals surface area contributed by atoms with Crippen LogP contribution in [0.2, 0.25) is 0 Å². The zero-order valence-corrected chi connectivity index (χ0v) is 13.0. The first-order valence-corrected chi connectivity index (χ1v) is 8.16. The molecule has 0 heterocycles. The molecule has 1 amide bonds. The van der Waals surface area contributed by atoms with E-state index >= 15 is 0 Å². The average molecular weight is 352 g/mol. The molecular weight excluding hydrogens is 339 g/mol. The highest BCUT2D eigenvalue weighted by Gasteiger charge is 2.12. The van der Waals surface area contributed by atoms with E-state index < -0.39 is 34.3 Å². The molecule has 0 spiro atoms. The molecule has 7 nitrogen and oxygen atoms in total. The van der Waals surface area contributed by atoms with E-state index in [1.165, 1.54) is 42.5 Å². The van der Waals surface area contributed by atoms with Gasteiger partial charge >= 0.3 is 5.97 Å². The Balaban J connectivity index is 1.95. The number of halogens is 1. The molecule has 0 saturated heterocycles. The van der Waals surface area contributed by atoms with Crippen LogP contribution in [0.5, 0.6) is 0 Å². The summed E-state index contributed by atoms with van der Waals surface area (Å²) in [6.45, 7) is -0.616. The van der Waals surface area contributed by atoms with Crippen LogP contribution in [0.4, 0.5) is 10.1 Å². The van der Waals surface area contributed by atoms with Gasteiger partial charge in [-0.1, -0.05) is 12.1 Å². The number of primary sulfonamides is 1. The molecule has 2 rings (SSSR count). The Morgan fingerprint density at radius 3 is 2.50 bits per heavy atom. The Kier molecular flexibility index (Phi) is 5.27. The number of ether oxygens (including phenoxy) is 1. The Bertz CT molecular complexity index is 883. The maximum absolute atomic E-state index is 13.0. The number of sulfonamides is 1. The van der Waals surface area contributed by atoms with Gasteiger partial charge in [0.25, 0.3) is 5.91 Å². The molecule has 126 valence electrons. The fraction of sp³-hybridized carbons (Fsp3) is 0.0667. The fourth-order valence-corrected chi connectivity index (χ4v) is 2.34. The summed E-state index contributed by atoms with van der Waals surface area (Å²) >= 11 is 0. The van der Waals surface area contributed by atoms with Gasteiger partial charge in [-0.3, -0.25) is 4.79 Å². The van der Waals surface area contributed by atoms with Crippen molar-refractivity contribution in [3.63, 3.8) is 0 Å². The predicted molar refractivity (Wildman–Crippen MR) is 83.1 cm³/mol. The Morgan fingerprint density at radius 1 is 1.12 bits per heavy atom. The van der Waals surface area contributed by atoms with Crippen LogP contribution in [-0.4, -0.2) is 26.9 Å². The highest BCUT2D eigenvalue weighted by Crippen LogP contribution is 2.14. The van der Waals surface area contributed by atoms with E-state index in [0.717, 1.165) is 6.07 Å². The number of nitrogens with two attached hydrogens (primary N) is 1. The van der Waals surface area contributed by atoms with E-state index in [2.05, 4.69) is 5.32 Å². The minimum absolute atomic E-state index is 0.0287. The Morgan fingerprint density at radius 2 is 1.83 bits per heavy atom. The molecule has 0 saturated carbocycles. The van der Waals surface area contributed by atoms with Crippen LogP contribution in [0, 0.1) is 5.82 Å². The molecular formula is C15H13FN2O5S. The van der Waals surface area contributed by atoms with Gasteiger partial charge in [-0.05, 0) is 36.4 Å². The molecule has 2 aromatic rings. The van der Waals surface area contributed by atoms with Crippen LogP contribution in [0.1, 0.15) is 10.4 Å². The highest BCUT2D eigenvalue weighted by atomic mass is 32.2. The van der Waals surface area contributed by atoms with Crippen molar-refractivity contribution in [2.24, 2.45) is 5.14 Å². The standard InChI is InChI=1S/C15H13FN2O5S/c16-11-4-1-3-10(7-11)15(20)23-9-14(19)18-12-5-2-6-13(8-12)24(17,21)22/h1-8H,9H2,(H,18,19)(H2,17,21,22). The van der Waals surface area contributed by atoms with Crippen molar-refractivity contribution in [3.8, 4) is 0 Å². The van der Waals surface area contributed by atoms with Crippen molar-refractivity contribution in [2.75, 3.05) is 11.9 Å². The minimum Gasteiger partial charge on any atom is -0.452 e. The second-order valence-corrected chi connectivity index (χ2v) is 6.27. The van der Waals surface area contributed by atoms with Gasteiger partial charge in [0.05, 0.1) is 10.5 Å². The summed E-state index contributed by atoms with van der Waals surface area (Å²) in [6.07, 6.45) is 0. The number of benzene rings is 2. The summed E-state index contributed by atoms with van der Waals surface area (Å²) in [5.41, 5.74) is 0.146. The van der Waals surface area contributed by atoms with Crippen molar-refractivity contribution < 1.29 is 27.1 Å². The van der Waals surface area contributed by atoms with Gasteiger partial charge in [-0.15, -0.1) is 0 Å². The second-order valence-electron chi connectivity index (χ2n) is 4.71. The summed E-state index contributed by atoms with van der Waals surface area (Å²) in [5, 5.41) is 7.35. The monoisotopic (exact) mass is 352 g/mol. The number of carbonyl (C=O) groups is 2. The smallest absolute Gasteiger partial charge is 0.338 e. The van der Waals surface area contributed by atoms with E-state index in [1.54, 1.807) is 0 Å². The highest BCUT2D eigenvalue weighted by molar-refractivity contribution is 7.89. The number of carbonyl (C=O) groups excluding carboxylic acids is 2. The predicted octanol–water partition coefficient (Wildman–Crippen LogP) is 1.27. The lowest BCUT2D eigenvalue weighted by atomic mass is 10.2. The largest absolute Gasteiger partial charge is 0.452 e. The topological polar surface area (TPSA) is 116 Å². The first kappa shape index (κ1) is 17.6. The number of anilines is 1. The van der Waals surface area contributed by atoms with Gasteiger partial charge in [0.2, 0.25) is 10.0 Å². The van der Waals surface area contributed by atoms with Gasteiger partial charge in [-0.2, -0.15) is 0 Å². The van der Waals surface area contributed by atoms with Crippen molar-refractivity contribution in [1.29, 1.82) is 0 Å². The molecule has 0 atom stereocenters. The maximum atomic E-state index is 13.0. The SMILES string of the molecule is NS(=O)(=O)c1cccc(NC(=O)COC(=O)c2cccc(F)c2)c1. The summed E-state index contributed by atoms with van der Waals surface area (Å²) < 4.78 is 40.2. The fourth-order valence-electron chi connectivity index (χ4n) is 1.78. The second kappa shape index (κ2) is 7.20. The summed E-state index contributed by atoms with van der Waals surface area (Å²) in [5.74, 6) is -2.15. The number of nitrogens with one attached hydrogen (secondary N) is 1. The van der Waals surface area contributed by atoms with Crippen molar-refractivity contribution >= 4 is 27.6 Å². The lowest BCUT2D eigenvalue weighted by molar-refractivity contribution is -0.119. The first-order chi connectivity index (χ1) is 11.3. The third-order valence-corrected chi connectivity index (χ3v) is 3.75. The van der Waals surface area contributed by atoms with E-state index in [9.17, 15) is 22.4 Å². The summed E-state index contributed by atoms with van der Waals surface area (Å²) in [6, 6.07) is 10.1. The third kappa shape index (κ3) is 4.86. The Hall–Kier alpha value is -2.78. The molecule has 0 aromatic heterocycles. The average Bonchev–Trinajstić information content (AvgIpc) is 2.52. The van der Waals surface area contributed by atoms with Crippen molar-refractivity contribution in [2.45, 2.75) is 4.90 Å². The van der Waals surface area contributed by atoms with Crippen LogP contribution >= 0.6 is 0 Å². The number of hydrogen-bond acceptors (Lipinski definition) is 5. The molecule has 24 heavy (non-hydrogen) atoms. The van der Waals surface area contributed by atoms with Gasteiger partial charge in [0, 0.05) is 5.69 Å². The normalized spacial score (nSPS) is 10.9. The summed E-state index contributed by atoms with van der Waals surface area (Å²) in [4.78, 5) is 23.2. The molecule has 9 heteroatoms. The van der Waals surface area contributed by atoms with Crippen LogP contribution < -0.4 is 10.5 Å². The molecule has 0 aliphatic heterocycles. The zero-order chi connectivity index (χ0) is 17.7. The molecule has 0 aliphatic rings. The molecule has 0 radical (unpaired) electrons. The first-order valence-electron chi connectivity index (χ1n) is 6.61. The van der Waals surface area contributed by atoms with Gasteiger partial charge in [-0.25, -0.2) is 22.7 Å². The lowest BCUT2D eigenvalue weighted by Gasteiger charge is -2.07. The summed E-state index contributed by atoms with van der Waals surface area (Å²) in [7, 11) is -3.90. The molecule has 2 aromatic carbocycles. The number of hydrogen-bond donors (Lipinski definition) is 2. The minimum atomic E-state index is -3.90. The Labute approximate surface area is 137 Å².